The Hall–Kier alpha value is -1.75. The first kappa shape index (κ1) is 14.7. The number of aromatic nitrogens is 1. The fraction of sp³-hybridized carbons (Fsp3) is 0.400. The highest BCUT2D eigenvalue weighted by Crippen LogP contribution is 2.33. The van der Waals surface area contributed by atoms with Crippen LogP contribution in [0.3, 0.4) is 0 Å². The molecule has 1 heterocycles. The van der Waals surface area contributed by atoms with E-state index in [0.29, 0.717) is 5.11 Å². The van der Waals surface area contributed by atoms with Gasteiger partial charge in [0.05, 0.1) is 17.6 Å². The monoisotopic (exact) mass is 288 g/mol. The van der Waals surface area contributed by atoms with Gasteiger partial charge in [0, 0.05) is 6.20 Å². The van der Waals surface area contributed by atoms with Gasteiger partial charge in [-0.05, 0) is 55.6 Å². The number of allylic oxidation sites excluding steroid dienone is 2. The smallest absolute Gasteiger partial charge is 0.191 e. The molecule has 0 bridgehead atoms. The molecule has 1 aromatic rings. The van der Waals surface area contributed by atoms with Crippen molar-refractivity contribution in [3.8, 4) is 0 Å². The quantitative estimate of drug-likeness (QED) is 0.646. The molecule has 1 aliphatic carbocycles. The summed E-state index contributed by atoms with van der Waals surface area (Å²) in [4.78, 5) is 4.02. The van der Waals surface area contributed by atoms with Crippen molar-refractivity contribution in [2.24, 2.45) is 10.5 Å². The molecule has 2 N–H and O–H groups in total. The van der Waals surface area contributed by atoms with E-state index in [0.717, 1.165) is 24.2 Å². The normalized spacial score (nSPS) is 19.4. The first-order valence-electron chi connectivity index (χ1n) is 6.65. The van der Waals surface area contributed by atoms with Gasteiger partial charge in [-0.15, -0.1) is 0 Å². The maximum atomic E-state index is 5.21. The van der Waals surface area contributed by atoms with E-state index in [-0.39, 0.29) is 5.41 Å². The van der Waals surface area contributed by atoms with Crippen molar-refractivity contribution in [3.05, 3.63) is 36.2 Å². The van der Waals surface area contributed by atoms with Gasteiger partial charge in [-0.3, -0.25) is 10.4 Å². The van der Waals surface area contributed by atoms with Crippen molar-refractivity contribution in [1.82, 2.24) is 10.4 Å². The van der Waals surface area contributed by atoms with Crippen molar-refractivity contribution in [2.75, 3.05) is 5.32 Å². The van der Waals surface area contributed by atoms with Gasteiger partial charge in [0.15, 0.2) is 5.11 Å². The molecule has 0 aliphatic heterocycles. The van der Waals surface area contributed by atoms with E-state index in [1.807, 2.05) is 12.1 Å². The lowest BCUT2D eigenvalue weighted by atomic mass is 9.77. The van der Waals surface area contributed by atoms with Crippen LogP contribution < -0.4 is 10.7 Å². The fourth-order valence-corrected chi connectivity index (χ4v) is 2.65. The summed E-state index contributed by atoms with van der Waals surface area (Å²) in [5.41, 5.74) is 6.40. The SMILES string of the molecule is CC1=C/C(=N/NC(=S)Nc2cccnc2)CC(C)(C)C1. The number of pyridine rings is 1. The number of nitrogens with one attached hydrogen (secondary N) is 2. The molecule has 0 fully saturated rings. The molecule has 0 unspecified atom stereocenters. The number of hydrazone groups is 1. The molecule has 106 valence electrons. The standard InChI is InChI=1S/C15H20N4S/c1-11-7-13(9-15(2,3)8-11)18-19-14(20)17-12-5-4-6-16-10-12/h4-7,10H,8-9H2,1-3H3,(H2,17,19,20)/b18-13-. The Balaban J connectivity index is 1.95. The number of nitrogens with zero attached hydrogens (tertiary/aromatic N) is 2. The van der Waals surface area contributed by atoms with Crippen LogP contribution in [0.15, 0.2) is 41.3 Å². The van der Waals surface area contributed by atoms with Crippen LogP contribution in [0, 0.1) is 5.41 Å². The summed E-state index contributed by atoms with van der Waals surface area (Å²) in [5.74, 6) is 0. The van der Waals surface area contributed by atoms with E-state index in [4.69, 9.17) is 12.2 Å². The molecule has 0 radical (unpaired) electrons. The van der Waals surface area contributed by atoms with Gasteiger partial charge in [0.1, 0.15) is 0 Å². The van der Waals surface area contributed by atoms with Gasteiger partial charge in [0.2, 0.25) is 0 Å². The number of hydrogen-bond donors (Lipinski definition) is 2. The maximum absolute atomic E-state index is 5.21. The van der Waals surface area contributed by atoms with Crippen LogP contribution in [0.4, 0.5) is 5.69 Å². The van der Waals surface area contributed by atoms with Crippen LogP contribution in [0.2, 0.25) is 0 Å². The Morgan fingerprint density at radius 1 is 1.40 bits per heavy atom. The summed E-state index contributed by atoms with van der Waals surface area (Å²) in [6, 6.07) is 3.76. The van der Waals surface area contributed by atoms with Gasteiger partial charge in [-0.1, -0.05) is 19.4 Å². The molecular formula is C15H20N4S. The van der Waals surface area contributed by atoms with Gasteiger partial charge < -0.3 is 5.32 Å². The molecule has 0 saturated heterocycles. The average Bonchev–Trinajstić information content (AvgIpc) is 2.35. The number of hydrogen-bond acceptors (Lipinski definition) is 3. The van der Waals surface area contributed by atoms with Gasteiger partial charge in [-0.25, -0.2) is 0 Å². The zero-order chi connectivity index (χ0) is 14.6. The minimum atomic E-state index is 0.262. The lowest BCUT2D eigenvalue weighted by molar-refractivity contribution is 0.373. The van der Waals surface area contributed by atoms with Crippen LogP contribution in [-0.2, 0) is 0 Å². The zero-order valence-corrected chi connectivity index (χ0v) is 12.9. The highest BCUT2D eigenvalue weighted by molar-refractivity contribution is 7.80. The van der Waals surface area contributed by atoms with E-state index < -0.39 is 0 Å². The molecule has 0 amide bonds. The first-order chi connectivity index (χ1) is 9.44. The second kappa shape index (κ2) is 6.13. The summed E-state index contributed by atoms with van der Waals surface area (Å²) in [6.45, 7) is 6.65. The van der Waals surface area contributed by atoms with Gasteiger partial charge in [0.25, 0.3) is 0 Å². The van der Waals surface area contributed by atoms with E-state index in [2.05, 4.69) is 47.7 Å². The van der Waals surface area contributed by atoms with Crippen molar-refractivity contribution in [1.29, 1.82) is 0 Å². The zero-order valence-electron chi connectivity index (χ0n) is 12.1. The highest BCUT2D eigenvalue weighted by Gasteiger charge is 2.24. The van der Waals surface area contributed by atoms with E-state index in [9.17, 15) is 0 Å². The summed E-state index contributed by atoms with van der Waals surface area (Å²) in [5, 5.41) is 7.91. The van der Waals surface area contributed by atoms with E-state index >= 15 is 0 Å². The highest BCUT2D eigenvalue weighted by atomic mass is 32.1. The van der Waals surface area contributed by atoms with E-state index in [1.54, 1.807) is 12.4 Å². The Labute approximate surface area is 125 Å². The number of anilines is 1. The number of thiocarbonyl (C=S) groups is 1. The lowest BCUT2D eigenvalue weighted by Crippen LogP contribution is -2.27. The first-order valence-corrected chi connectivity index (χ1v) is 7.06. The largest absolute Gasteiger partial charge is 0.330 e. The predicted molar refractivity (Wildman–Crippen MR) is 87.8 cm³/mol. The van der Waals surface area contributed by atoms with Gasteiger partial charge in [-0.2, -0.15) is 5.10 Å². The Morgan fingerprint density at radius 2 is 2.20 bits per heavy atom. The van der Waals surface area contributed by atoms with Crippen LogP contribution in [0.5, 0.6) is 0 Å². The molecule has 1 aromatic heterocycles. The second-order valence-corrected chi connectivity index (χ2v) is 6.33. The molecule has 0 saturated carbocycles. The topological polar surface area (TPSA) is 49.3 Å². The van der Waals surface area contributed by atoms with Crippen LogP contribution in [-0.4, -0.2) is 15.8 Å². The third-order valence-electron chi connectivity index (χ3n) is 3.05. The van der Waals surface area contributed by atoms with Gasteiger partial charge >= 0.3 is 0 Å². The summed E-state index contributed by atoms with van der Waals surface area (Å²) in [6.07, 6.45) is 7.64. The number of rotatable bonds is 2. The summed E-state index contributed by atoms with van der Waals surface area (Å²) in [7, 11) is 0. The lowest BCUT2D eigenvalue weighted by Gasteiger charge is -2.29. The maximum Gasteiger partial charge on any atom is 0.191 e. The molecule has 2 rings (SSSR count). The molecule has 0 atom stereocenters. The third kappa shape index (κ3) is 4.42. The third-order valence-corrected chi connectivity index (χ3v) is 3.24. The van der Waals surface area contributed by atoms with Crippen molar-refractivity contribution in [3.63, 3.8) is 0 Å². The second-order valence-electron chi connectivity index (χ2n) is 5.92. The molecule has 1 aliphatic rings. The Morgan fingerprint density at radius 3 is 2.85 bits per heavy atom. The van der Waals surface area contributed by atoms with Crippen LogP contribution in [0.25, 0.3) is 0 Å². The van der Waals surface area contributed by atoms with Crippen LogP contribution >= 0.6 is 12.2 Å². The minimum Gasteiger partial charge on any atom is -0.330 e. The molecule has 4 nitrogen and oxygen atoms in total. The molecule has 0 aromatic carbocycles. The Kier molecular flexibility index (Phi) is 4.49. The Bertz CT molecular complexity index is 546. The molecule has 20 heavy (non-hydrogen) atoms. The van der Waals surface area contributed by atoms with Crippen molar-refractivity contribution >= 4 is 28.7 Å². The molecule has 0 spiro atoms. The molecular weight excluding hydrogens is 268 g/mol. The van der Waals surface area contributed by atoms with Crippen LogP contribution in [0.1, 0.15) is 33.6 Å². The fourth-order valence-electron chi connectivity index (χ4n) is 2.48. The predicted octanol–water partition coefficient (Wildman–Crippen LogP) is 3.49. The van der Waals surface area contributed by atoms with Crippen molar-refractivity contribution in [2.45, 2.75) is 33.6 Å². The summed E-state index contributed by atoms with van der Waals surface area (Å²) >= 11 is 5.21. The van der Waals surface area contributed by atoms with Crippen molar-refractivity contribution < 1.29 is 0 Å². The minimum absolute atomic E-state index is 0.262. The van der Waals surface area contributed by atoms with E-state index in [1.165, 1.54) is 5.57 Å². The summed E-state index contributed by atoms with van der Waals surface area (Å²) < 4.78 is 0. The average molecular weight is 288 g/mol. The molecule has 5 heteroatoms.